The summed E-state index contributed by atoms with van der Waals surface area (Å²) in [6, 6.07) is 3.17. The summed E-state index contributed by atoms with van der Waals surface area (Å²) < 4.78 is 5.58. The third kappa shape index (κ3) is 2.51. The molecular weight excluding hydrogens is 316 g/mol. The van der Waals surface area contributed by atoms with Gasteiger partial charge in [-0.15, -0.1) is 0 Å². The summed E-state index contributed by atoms with van der Waals surface area (Å²) in [7, 11) is 0. The molecule has 0 unspecified atom stereocenters. The first-order valence-electron chi connectivity index (χ1n) is 3.98. The maximum absolute atomic E-state index is 11.3. The second-order valence-electron chi connectivity index (χ2n) is 2.58. The molecule has 76 valence electrons. The fourth-order valence-corrected chi connectivity index (χ4v) is 1.70. The summed E-state index contributed by atoms with van der Waals surface area (Å²) in [5.41, 5.74) is 6.43. The third-order valence-electron chi connectivity index (χ3n) is 1.57. The average Bonchev–Trinajstić information content (AvgIpc) is 2.13. The van der Waals surface area contributed by atoms with Crippen molar-refractivity contribution in [1.29, 1.82) is 0 Å². The van der Waals surface area contributed by atoms with Crippen molar-refractivity contribution in [2.45, 2.75) is 6.92 Å². The smallest absolute Gasteiger partial charge is 0.338 e. The van der Waals surface area contributed by atoms with Gasteiger partial charge in [0.25, 0.3) is 0 Å². The van der Waals surface area contributed by atoms with E-state index in [0.717, 1.165) is 3.57 Å². The van der Waals surface area contributed by atoms with Gasteiger partial charge in [0.15, 0.2) is 0 Å². The predicted octanol–water partition coefficient (Wildman–Crippen LogP) is 2.70. The van der Waals surface area contributed by atoms with Crippen LogP contribution in [0.3, 0.4) is 0 Å². The van der Waals surface area contributed by atoms with Crippen LogP contribution < -0.4 is 5.73 Å². The van der Waals surface area contributed by atoms with Gasteiger partial charge in [0, 0.05) is 3.57 Å². The summed E-state index contributed by atoms with van der Waals surface area (Å²) in [5, 5.41) is 0.471. The zero-order chi connectivity index (χ0) is 10.7. The van der Waals surface area contributed by atoms with Gasteiger partial charge in [-0.05, 0) is 41.6 Å². The molecule has 0 radical (unpaired) electrons. The monoisotopic (exact) mass is 325 g/mol. The van der Waals surface area contributed by atoms with Crippen LogP contribution >= 0.6 is 34.2 Å². The minimum atomic E-state index is -0.381. The molecule has 0 heterocycles. The number of nitrogen functional groups attached to an aromatic ring is 1. The van der Waals surface area contributed by atoms with E-state index in [1.54, 1.807) is 13.0 Å². The van der Waals surface area contributed by atoms with Crippen molar-refractivity contribution in [1.82, 2.24) is 0 Å². The number of carbonyl (C=O) groups is 1. The second-order valence-corrected chi connectivity index (χ2v) is 4.12. The highest BCUT2D eigenvalue weighted by atomic mass is 127. The van der Waals surface area contributed by atoms with Gasteiger partial charge in [-0.25, -0.2) is 4.79 Å². The van der Waals surface area contributed by atoms with E-state index < -0.39 is 0 Å². The van der Waals surface area contributed by atoms with Gasteiger partial charge < -0.3 is 10.5 Å². The van der Waals surface area contributed by atoms with E-state index in [0.29, 0.717) is 22.9 Å². The maximum atomic E-state index is 11.3. The largest absolute Gasteiger partial charge is 0.462 e. The Bertz CT molecular complexity index is 345. The molecule has 0 atom stereocenters. The van der Waals surface area contributed by atoms with Crippen molar-refractivity contribution in [2.24, 2.45) is 0 Å². The zero-order valence-corrected chi connectivity index (χ0v) is 10.4. The lowest BCUT2D eigenvalue weighted by Gasteiger charge is -2.05. The van der Waals surface area contributed by atoms with Crippen molar-refractivity contribution in [3.8, 4) is 0 Å². The van der Waals surface area contributed by atoms with Gasteiger partial charge in [0.05, 0.1) is 22.9 Å². The molecule has 0 aromatic heterocycles. The van der Waals surface area contributed by atoms with E-state index in [2.05, 4.69) is 0 Å². The van der Waals surface area contributed by atoms with Gasteiger partial charge in [0.1, 0.15) is 0 Å². The number of hydrogen-bond acceptors (Lipinski definition) is 3. The Hall–Kier alpha value is -0.490. The van der Waals surface area contributed by atoms with Crippen LogP contribution in [0.4, 0.5) is 5.69 Å². The van der Waals surface area contributed by atoms with Crippen molar-refractivity contribution < 1.29 is 9.53 Å². The van der Waals surface area contributed by atoms with Crippen molar-refractivity contribution in [3.63, 3.8) is 0 Å². The highest BCUT2D eigenvalue weighted by Gasteiger charge is 2.11. The number of esters is 1. The van der Waals surface area contributed by atoms with Gasteiger partial charge in [-0.1, -0.05) is 11.6 Å². The number of hydrogen-bond donors (Lipinski definition) is 1. The number of carbonyl (C=O) groups excluding carboxylic acids is 1. The van der Waals surface area contributed by atoms with Crippen LogP contribution in [0.25, 0.3) is 0 Å². The molecule has 1 aromatic rings. The highest BCUT2D eigenvalue weighted by Crippen LogP contribution is 2.26. The van der Waals surface area contributed by atoms with E-state index in [-0.39, 0.29) is 5.97 Å². The second kappa shape index (κ2) is 4.84. The summed E-state index contributed by atoms with van der Waals surface area (Å²) in [6.45, 7) is 2.10. The molecular formula is C9H9ClINO2. The van der Waals surface area contributed by atoms with Crippen molar-refractivity contribution in [2.75, 3.05) is 12.3 Å². The summed E-state index contributed by atoms with van der Waals surface area (Å²) in [4.78, 5) is 11.3. The lowest BCUT2D eigenvalue weighted by molar-refractivity contribution is 0.0526. The van der Waals surface area contributed by atoms with Crippen LogP contribution in [0.2, 0.25) is 5.02 Å². The molecule has 0 saturated carbocycles. The maximum Gasteiger partial charge on any atom is 0.338 e. The Morgan fingerprint density at radius 3 is 2.79 bits per heavy atom. The number of nitrogens with two attached hydrogens (primary N) is 1. The standard InChI is InChI=1S/C9H9ClINO2/c1-2-14-9(13)5-3-6(11)8(10)7(12)4-5/h3-4H,2,12H2,1H3. The molecule has 3 nitrogen and oxygen atoms in total. The first-order chi connectivity index (χ1) is 6.56. The molecule has 0 aliphatic rings. The summed E-state index contributed by atoms with van der Waals surface area (Å²) in [6.07, 6.45) is 0. The van der Waals surface area contributed by atoms with Gasteiger partial charge >= 0.3 is 5.97 Å². The predicted molar refractivity (Wildman–Crippen MR) is 64.5 cm³/mol. The molecule has 0 aliphatic heterocycles. The minimum Gasteiger partial charge on any atom is -0.462 e. The summed E-state index contributed by atoms with van der Waals surface area (Å²) in [5.74, 6) is -0.381. The molecule has 0 aliphatic carbocycles. The van der Waals surface area contributed by atoms with Crippen LogP contribution in [-0.4, -0.2) is 12.6 Å². The lowest BCUT2D eigenvalue weighted by atomic mass is 10.2. The van der Waals surface area contributed by atoms with Crippen molar-refractivity contribution >= 4 is 45.8 Å². The first kappa shape index (κ1) is 11.6. The van der Waals surface area contributed by atoms with E-state index >= 15 is 0 Å². The molecule has 0 bridgehead atoms. The van der Waals surface area contributed by atoms with Crippen LogP contribution in [-0.2, 0) is 4.74 Å². The zero-order valence-electron chi connectivity index (χ0n) is 7.51. The quantitative estimate of drug-likeness (QED) is 0.517. The summed E-state index contributed by atoms with van der Waals surface area (Å²) >= 11 is 7.86. The number of halogens is 2. The van der Waals surface area contributed by atoms with E-state index in [4.69, 9.17) is 22.1 Å². The Labute approximate surface area is 101 Å². The number of anilines is 1. The Balaban J connectivity index is 3.06. The molecule has 14 heavy (non-hydrogen) atoms. The fourth-order valence-electron chi connectivity index (χ4n) is 0.943. The molecule has 0 amide bonds. The van der Waals surface area contributed by atoms with Crippen LogP contribution in [0.5, 0.6) is 0 Å². The molecule has 0 saturated heterocycles. The van der Waals surface area contributed by atoms with Gasteiger partial charge in [-0.2, -0.15) is 0 Å². The Morgan fingerprint density at radius 1 is 1.64 bits per heavy atom. The lowest BCUT2D eigenvalue weighted by Crippen LogP contribution is -2.06. The van der Waals surface area contributed by atoms with Crippen LogP contribution in [0, 0.1) is 3.57 Å². The van der Waals surface area contributed by atoms with Crippen LogP contribution in [0.1, 0.15) is 17.3 Å². The molecule has 1 rings (SSSR count). The minimum absolute atomic E-state index is 0.345. The van der Waals surface area contributed by atoms with Gasteiger partial charge in [0.2, 0.25) is 0 Å². The van der Waals surface area contributed by atoms with Crippen LogP contribution in [0.15, 0.2) is 12.1 Å². The number of benzene rings is 1. The Morgan fingerprint density at radius 2 is 2.29 bits per heavy atom. The van der Waals surface area contributed by atoms with Gasteiger partial charge in [-0.3, -0.25) is 0 Å². The Kier molecular flexibility index (Phi) is 4.00. The molecule has 2 N–H and O–H groups in total. The average molecular weight is 326 g/mol. The SMILES string of the molecule is CCOC(=O)c1cc(N)c(Cl)c(I)c1. The normalized spacial score (nSPS) is 9.93. The molecule has 0 fully saturated rings. The van der Waals surface area contributed by atoms with E-state index in [9.17, 15) is 4.79 Å². The third-order valence-corrected chi connectivity index (χ3v) is 3.16. The first-order valence-corrected chi connectivity index (χ1v) is 5.43. The molecule has 1 aromatic carbocycles. The van der Waals surface area contributed by atoms with E-state index in [1.807, 2.05) is 22.6 Å². The van der Waals surface area contributed by atoms with E-state index in [1.165, 1.54) is 6.07 Å². The fraction of sp³-hybridized carbons (Fsp3) is 0.222. The highest BCUT2D eigenvalue weighted by molar-refractivity contribution is 14.1. The molecule has 0 spiro atoms. The number of rotatable bonds is 2. The number of ether oxygens (including phenoxy) is 1. The van der Waals surface area contributed by atoms with Crippen molar-refractivity contribution in [3.05, 3.63) is 26.3 Å². The topological polar surface area (TPSA) is 52.3 Å². The molecule has 5 heteroatoms.